The number of carboxylic acids is 1. The maximum atomic E-state index is 12.8. The topological polar surface area (TPSA) is 95.0 Å². The minimum absolute atomic E-state index is 0.00625. The van der Waals surface area contributed by atoms with Crippen molar-refractivity contribution in [1.82, 2.24) is 9.21 Å². The molecule has 7 nitrogen and oxygen atoms in total. The number of hydrogen-bond donors (Lipinski definition) is 1. The minimum atomic E-state index is -3.60. The van der Waals surface area contributed by atoms with Crippen LogP contribution in [0.3, 0.4) is 0 Å². The largest absolute Gasteiger partial charge is 0.481 e. The minimum Gasteiger partial charge on any atom is -0.481 e. The number of rotatable bonds is 4. The number of aliphatic carboxylic acids is 1. The Morgan fingerprint density at radius 1 is 1.08 bits per heavy atom. The molecule has 1 N–H and O–H groups in total. The van der Waals surface area contributed by atoms with Gasteiger partial charge in [-0.3, -0.25) is 9.59 Å². The SMILES string of the molecule is CC1CC(C(=O)O)CN(S(=O)(=O)C2CN(C(=O)c3ccccc3)C2)C1. The summed E-state index contributed by atoms with van der Waals surface area (Å²) >= 11 is 0. The van der Waals surface area contributed by atoms with Gasteiger partial charge < -0.3 is 10.0 Å². The Morgan fingerprint density at radius 3 is 2.32 bits per heavy atom. The smallest absolute Gasteiger partial charge is 0.307 e. The standard InChI is InChI=1S/C17H22N2O5S/c1-12-7-14(17(21)22)9-19(8-12)25(23,24)15-10-18(11-15)16(20)13-5-3-2-4-6-13/h2-6,12,14-15H,7-11H2,1H3,(H,21,22). The zero-order valence-electron chi connectivity index (χ0n) is 14.0. The molecule has 0 spiro atoms. The van der Waals surface area contributed by atoms with Gasteiger partial charge in [0.05, 0.1) is 5.92 Å². The van der Waals surface area contributed by atoms with Crippen LogP contribution >= 0.6 is 0 Å². The molecule has 25 heavy (non-hydrogen) atoms. The molecule has 0 aromatic heterocycles. The number of sulfonamides is 1. The Bertz CT molecular complexity index is 759. The first kappa shape index (κ1) is 17.9. The van der Waals surface area contributed by atoms with E-state index in [1.54, 1.807) is 24.3 Å². The Hall–Kier alpha value is -1.93. The Morgan fingerprint density at radius 2 is 1.72 bits per heavy atom. The van der Waals surface area contributed by atoms with E-state index in [1.807, 2.05) is 13.0 Å². The number of carbonyl (C=O) groups excluding carboxylic acids is 1. The van der Waals surface area contributed by atoms with Gasteiger partial charge >= 0.3 is 5.97 Å². The molecule has 0 saturated carbocycles. The summed E-state index contributed by atoms with van der Waals surface area (Å²) in [6.07, 6.45) is 0.491. The lowest BCUT2D eigenvalue weighted by molar-refractivity contribution is -0.143. The van der Waals surface area contributed by atoms with Crippen LogP contribution in [0.2, 0.25) is 0 Å². The summed E-state index contributed by atoms with van der Waals surface area (Å²) in [6.45, 7) is 2.53. The first-order valence-corrected chi connectivity index (χ1v) is 9.85. The molecule has 0 bridgehead atoms. The zero-order chi connectivity index (χ0) is 18.2. The average Bonchev–Trinajstić information content (AvgIpc) is 2.53. The highest BCUT2D eigenvalue weighted by Crippen LogP contribution is 2.28. The lowest BCUT2D eigenvalue weighted by atomic mass is 9.92. The van der Waals surface area contributed by atoms with Crippen LogP contribution in [0.4, 0.5) is 0 Å². The van der Waals surface area contributed by atoms with Gasteiger partial charge in [0.2, 0.25) is 10.0 Å². The number of carboxylic acid groups (broad SMARTS) is 1. The summed E-state index contributed by atoms with van der Waals surface area (Å²) in [4.78, 5) is 25.1. The van der Waals surface area contributed by atoms with Gasteiger partial charge in [0.15, 0.2) is 0 Å². The van der Waals surface area contributed by atoms with E-state index in [4.69, 9.17) is 0 Å². The molecule has 3 rings (SSSR count). The third kappa shape index (κ3) is 3.55. The number of piperidine rings is 1. The fourth-order valence-electron chi connectivity index (χ4n) is 3.46. The summed E-state index contributed by atoms with van der Waals surface area (Å²) < 4.78 is 26.9. The Kier molecular flexibility index (Phi) is 4.83. The van der Waals surface area contributed by atoms with Gasteiger partial charge in [0.1, 0.15) is 5.25 Å². The van der Waals surface area contributed by atoms with Crippen molar-refractivity contribution in [3.8, 4) is 0 Å². The van der Waals surface area contributed by atoms with Crippen LogP contribution in [-0.2, 0) is 14.8 Å². The maximum absolute atomic E-state index is 12.8. The van der Waals surface area contributed by atoms with E-state index in [0.717, 1.165) is 0 Å². The molecule has 2 heterocycles. The average molecular weight is 366 g/mol. The highest BCUT2D eigenvalue weighted by atomic mass is 32.2. The number of amides is 1. The fraction of sp³-hybridized carbons (Fsp3) is 0.529. The van der Waals surface area contributed by atoms with Crippen molar-refractivity contribution in [2.24, 2.45) is 11.8 Å². The Balaban J connectivity index is 1.65. The van der Waals surface area contributed by atoms with E-state index in [1.165, 1.54) is 9.21 Å². The maximum Gasteiger partial charge on any atom is 0.307 e. The highest BCUT2D eigenvalue weighted by Gasteiger charge is 2.45. The van der Waals surface area contributed by atoms with Gasteiger partial charge in [-0.1, -0.05) is 25.1 Å². The molecule has 2 aliphatic heterocycles. The molecule has 1 aromatic carbocycles. The molecule has 2 unspecified atom stereocenters. The number of hydrogen-bond acceptors (Lipinski definition) is 4. The molecule has 0 radical (unpaired) electrons. The van der Waals surface area contributed by atoms with Crippen molar-refractivity contribution in [3.05, 3.63) is 35.9 Å². The van der Waals surface area contributed by atoms with E-state index in [0.29, 0.717) is 18.5 Å². The van der Waals surface area contributed by atoms with Crippen LogP contribution in [0.25, 0.3) is 0 Å². The summed E-state index contributed by atoms with van der Waals surface area (Å²) in [5.74, 6) is -1.80. The molecule has 1 amide bonds. The third-order valence-corrected chi connectivity index (χ3v) is 7.07. The normalized spacial score (nSPS) is 25.4. The first-order valence-electron chi connectivity index (χ1n) is 8.35. The second-order valence-corrected chi connectivity index (χ2v) is 9.15. The second kappa shape index (κ2) is 6.76. The van der Waals surface area contributed by atoms with E-state index in [9.17, 15) is 23.1 Å². The van der Waals surface area contributed by atoms with Gasteiger partial charge in [0.25, 0.3) is 5.91 Å². The first-order chi connectivity index (χ1) is 11.8. The second-order valence-electron chi connectivity index (χ2n) is 6.94. The summed E-state index contributed by atoms with van der Waals surface area (Å²) in [5, 5.41) is 8.56. The fourth-order valence-corrected chi connectivity index (χ4v) is 5.46. The number of carbonyl (C=O) groups is 2. The van der Waals surface area contributed by atoms with Crippen molar-refractivity contribution in [1.29, 1.82) is 0 Å². The molecule has 2 aliphatic rings. The van der Waals surface area contributed by atoms with Crippen molar-refractivity contribution in [2.75, 3.05) is 26.2 Å². The van der Waals surface area contributed by atoms with Crippen molar-refractivity contribution in [2.45, 2.75) is 18.6 Å². The predicted octanol–water partition coefficient (Wildman–Crippen LogP) is 0.883. The Labute approximate surface area is 147 Å². The zero-order valence-corrected chi connectivity index (χ0v) is 14.9. The summed E-state index contributed by atoms with van der Waals surface area (Å²) in [6, 6.07) is 8.75. The molecular formula is C17H22N2O5S. The third-order valence-electron chi connectivity index (χ3n) is 4.91. The highest BCUT2D eigenvalue weighted by molar-refractivity contribution is 7.89. The van der Waals surface area contributed by atoms with E-state index >= 15 is 0 Å². The van der Waals surface area contributed by atoms with Gasteiger partial charge in [0, 0.05) is 31.7 Å². The molecule has 2 saturated heterocycles. The number of nitrogens with zero attached hydrogens (tertiary/aromatic N) is 2. The quantitative estimate of drug-likeness (QED) is 0.854. The molecule has 136 valence electrons. The van der Waals surface area contributed by atoms with Gasteiger partial charge in [-0.2, -0.15) is 0 Å². The lowest BCUT2D eigenvalue weighted by Gasteiger charge is -2.43. The van der Waals surface area contributed by atoms with Crippen LogP contribution in [0, 0.1) is 11.8 Å². The monoisotopic (exact) mass is 366 g/mol. The van der Waals surface area contributed by atoms with E-state index in [-0.39, 0.29) is 31.5 Å². The van der Waals surface area contributed by atoms with Crippen molar-refractivity contribution >= 4 is 21.9 Å². The molecule has 1 aromatic rings. The van der Waals surface area contributed by atoms with Crippen molar-refractivity contribution in [3.63, 3.8) is 0 Å². The van der Waals surface area contributed by atoms with E-state index < -0.39 is 27.2 Å². The van der Waals surface area contributed by atoms with Crippen LogP contribution in [0.1, 0.15) is 23.7 Å². The lowest BCUT2D eigenvalue weighted by Crippen LogP contribution is -2.61. The molecule has 0 aliphatic carbocycles. The molecule has 2 atom stereocenters. The molecule has 2 fully saturated rings. The van der Waals surface area contributed by atoms with Crippen molar-refractivity contribution < 1.29 is 23.1 Å². The molecular weight excluding hydrogens is 344 g/mol. The van der Waals surface area contributed by atoms with Crippen LogP contribution in [0.5, 0.6) is 0 Å². The van der Waals surface area contributed by atoms with Gasteiger partial charge in [-0.15, -0.1) is 0 Å². The summed E-state index contributed by atoms with van der Waals surface area (Å²) in [7, 11) is -3.60. The van der Waals surface area contributed by atoms with Gasteiger partial charge in [-0.05, 0) is 24.5 Å². The van der Waals surface area contributed by atoms with Gasteiger partial charge in [-0.25, -0.2) is 12.7 Å². The van der Waals surface area contributed by atoms with Crippen LogP contribution in [0.15, 0.2) is 30.3 Å². The number of benzene rings is 1. The number of likely N-dealkylation sites (tertiary alicyclic amines) is 1. The summed E-state index contributed by atoms with van der Waals surface area (Å²) in [5.41, 5.74) is 0.538. The van der Waals surface area contributed by atoms with E-state index in [2.05, 4.69) is 0 Å². The van der Waals surface area contributed by atoms with Crippen LogP contribution in [-0.4, -0.2) is 66.0 Å². The van der Waals surface area contributed by atoms with Crippen LogP contribution < -0.4 is 0 Å². The molecule has 8 heteroatoms. The predicted molar refractivity (Wildman–Crippen MR) is 91.5 cm³/mol.